The van der Waals surface area contributed by atoms with Crippen LogP contribution in [-0.2, 0) is 0 Å². The van der Waals surface area contributed by atoms with Gasteiger partial charge in [0.2, 0.25) is 0 Å². The van der Waals surface area contributed by atoms with Gasteiger partial charge >= 0.3 is 0 Å². The zero-order valence-corrected chi connectivity index (χ0v) is 13.4. The molecule has 0 saturated heterocycles. The van der Waals surface area contributed by atoms with Gasteiger partial charge in [0.05, 0.1) is 0 Å². The largest absolute Gasteiger partial charge is 0.457 e. The highest BCUT2D eigenvalue weighted by molar-refractivity contribution is 5.42. The first-order valence-electron chi connectivity index (χ1n) is 7.69. The van der Waals surface area contributed by atoms with Gasteiger partial charge in [-0.15, -0.1) is 0 Å². The molecule has 2 aromatic carbocycles. The molecule has 1 atom stereocenters. The lowest BCUT2D eigenvalue weighted by molar-refractivity contribution is 0.475. The Labute approximate surface area is 128 Å². The van der Waals surface area contributed by atoms with E-state index in [2.05, 4.69) is 57.3 Å². The Kier molecular flexibility index (Phi) is 5.40. The molecule has 2 nitrogen and oxygen atoms in total. The van der Waals surface area contributed by atoms with Crippen LogP contribution < -0.4 is 10.1 Å². The van der Waals surface area contributed by atoms with Crippen molar-refractivity contribution >= 4 is 0 Å². The van der Waals surface area contributed by atoms with Crippen molar-refractivity contribution in [1.82, 2.24) is 5.32 Å². The van der Waals surface area contributed by atoms with Gasteiger partial charge in [0.25, 0.3) is 0 Å². The number of benzene rings is 2. The fourth-order valence-corrected chi connectivity index (χ4v) is 2.29. The van der Waals surface area contributed by atoms with E-state index in [9.17, 15) is 0 Å². The normalized spacial score (nSPS) is 12.2. The van der Waals surface area contributed by atoms with E-state index in [0.717, 1.165) is 24.5 Å². The van der Waals surface area contributed by atoms with Crippen LogP contribution in [0.5, 0.6) is 11.5 Å². The van der Waals surface area contributed by atoms with Gasteiger partial charge < -0.3 is 10.1 Å². The van der Waals surface area contributed by atoms with Crippen molar-refractivity contribution in [1.29, 1.82) is 0 Å². The summed E-state index contributed by atoms with van der Waals surface area (Å²) in [6.07, 6.45) is 1.14. The Bertz CT molecular complexity index is 592. The molecule has 0 aliphatic carbocycles. The summed E-state index contributed by atoms with van der Waals surface area (Å²) in [7, 11) is 0. The maximum absolute atomic E-state index is 6.06. The maximum atomic E-state index is 6.06. The van der Waals surface area contributed by atoms with Crippen LogP contribution in [0.2, 0.25) is 0 Å². The fourth-order valence-electron chi connectivity index (χ4n) is 2.29. The Morgan fingerprint density at radius 3 is 2.62 bits per heavy atom. The molecule has 1 N–H and O–H groups in total. The molecule has 0 radical (unpaired) electrons. The third-order valence-electron chi connectivity index (χ3n) is 3.84. The lowest BCUT2D eigenvalue weighted by atomic mass is 10.1. The number of hydrogen-bond donors (Lipinski definition) is 1. The summed E-state index contributed by atoms with van der Waals surface area (Å²) in [6, 6.07) is 14.8. The number of aryl methyl sites for hydroxylation is 1. The predicted octanol–water partition coefficient (Wildman–Crippen LogP) is 5.16. The van der Waals surface area contributed by atoms with Crippen LogP contribution >= 0.6 is 0 Å². The fraction of sp³-hybridized carbons (Fsp3) is 0.368. The van der Waals surface area contributed by atoms with Crippen molar-refractivity contribution in [3.63, 3.8) is 0 Å². The minimum absolute atomic E-state index is 0.340. The molecular weight excluding hydrogens is 258 g/mol. The molecule has 0 fully saturated rings. The molecule has 1 unspecified atom stereocenters. The van der Waals surface area contributed by atoms with Crippen LogP contribution in [0.25, 0.3) is 0 Å². The standard InChI is InChI=1S/C19H25NO/c1-5-12-20-16(4)17-9-7-10-18(13-17)21-19-11-6-8-14(2)15(19)3/h6-11,13,16,20H,5,12H2,1-4H3. The minimum atomic E-state index is 0.340. The highest BCUT2D eigenvalue weighted by Crippen LogP contribution is 2.28. The molecule has 112 valence electrons. The zero-order valence-electron chi connectivity index (χ0n) is 13.4. The number of ether oxygens (including phenoxy) is 1. The molecule has 0 aromatic heterocycles. The lowest BCUT2D eigenvalue weighted by Gasteiger charge is -2.16. The van der Waals surface area contributed by atoms with Crippen LogP contribution in [0.1, 0.15) is 43.0 Å². The van der Waals surface area contributed by atoms with E-state index in [4.69, 9.17) is 4.74 Å². The third-order valence-corrected chi connectivity index (χ3v) is 3.84. The lowest BCUT2D eigenvalue weighted by Crippen LogP contribution is -2.19. The van der Waals surface area contributed by atoms with Crippen LogP contribution in [-0.4, -0.2) is 6.54 Å². The minimum Gasteiger partial charge on any atom is -0.457 e. The Balaban J connectivity index is 2.16. The number of nitrogens with one attached hydrogen (secondary N) is 1. The van der Waals surface area contributed by atoms with Crippen LogP contribution in [0.15, 0.2) is 42.5 Å². The summed E-state index contributed by atoms with van der Waals surface area (Å²) in [5.74, 6) is 1.83. The third kappa shape index (κ3) is 4.08. The monoisotopic (exact) mass is 283 g/mol. The van der Waals surface area contributed by atoms with Crippen LogP contribution in [0.3, 0.4) is 0 Å². The van der Waals surface area contributed by atoms with E-state index in [1.54, 1.807) is 0 Å². The van der Waals surface area contributed by atoms with E-state index < -0.39 is 0 Å². The second-order valence-corrected chi connectivity index (χ2v) is 5.55. The molecule has 0 spiro atoms. The Morgan fingerprint density at radius 2 is 1.86 bits per heavy atom. The van der Waals surface area contributed by atoms with Crippen molar-refractivity contribution in [2.24, 2.45) is 0 Å². The van der Waals surface area contributed by atoms with Gasteiger partial charge in [-0.1, -0.05) is 31.2 Å². The number of rotatable bonds is 6. The predicted molar refractivity (Wildman–Crippen MR) is 89.1 cm³/mol. The van der Waals surface area contributed by atoms with Crippen LogP contribution in [0.4, 0.5) is 0 Å². The van der Waals surface area contributed by atoms with Crippen LogP contribution in [0, 0.1) is 13.8 Å². The smallest absolute Gasteiger partial charge is 0.130 e. The highest BCUT2D eigenvalue weighted by atomic mass is 16.5. The van der Waals surface area contributed by atoms with Gasteiger partial charge in [-0.3, -0.25) is 0 Å². The summed E-state index contributed by atoms with van der Waals surface area (Å²) in [5, 5.41) is 3.50. The second-order valence-electron chi connectivity index (χ2n) is 5.55. The Morgan fingerprint density at radius 1 is 1.10 bits per heavy atom. The van der Waals surface area contributed by atoms with E-state index in [1.165, 1.54) is 16.7 Å². The summed E-state index contributed by atoms with van der Waals surface area (Å²) < 4.78 is 6.06. The topological polar surface area (TPSA) is 21.3 Å². The summed E-state index contributed by atoms with van der Waals surface area (Å²) >= 11 is 0. The molecule has 0 aliphatic heterocycles. The van der Waals surface area contributed by atoms with Gasteiger partial charge in [0, 0.05) is 6.04 Å². The van der Waals surface area contributed by atoms with E-state index in [1.807, 2.05) is 18.2 Å². The molecule has 0 bridgehead atoms. The van der Waals surface area contributed by atoms with Crippen molar-refractivity contribution < 1.29 is 4.74 Å². The maximum Gasteiger partial charge on any atom is 0.130 e. The summed E-state index contributed by atoms with van der Waals surface area (Å²) in [4.78, 5) is 0. The SMILES string of the molecule is CCCNC(C)c1cccc(Oc2cccc(C)c2C)c1. The summed E-state index contributed by atoms with van der Waals surface area (Å²) in [5.41, 5.74) is 3.70. The van der Waals surface area contributed by atoms with Gasteiger partial charge in [0.1, 0.15) is 11.5 Å². The molecule has 0 heterocycles. The van der Waals surface area contributed by atoms with E-state index in [-0.39, 0.29) is 0 Å². The van der Waals surface area contributed by atoms with Gasteiger partial charge in [-0.2, -0.15) is 0 Å². The van der Waals surface area contributed by atoms with E-state index >= 15 is 0 Å². The first-order valence-corrected chi connectivity index (χ1v) is 7.69. The molecule has 2 rings (SSSR count). The van der Waals surface area contributed by atoms with Crippen molar-refractivity contribution in [3.8, 4) is 11.5 Å². The molecule has 0 amide bonds. The summed E-state index contributed by atoms with van der Waals surface area (Å²) in [6.45, 7) is 9.60. The average Bonchev–Trinajstić information content (AvgIpc) is 2.50. The van der Waals surface area contributed by atoms with Crippen molar-refractivity contribution in [2.45, 2.75) is 40.2 Å². The van der Waals surface area contributed by atoms with Crippen molar-refractivity contribution in [2.75, 3.05) is 6.54 Å². The van der Waals surface area contributed by atoms with Gasteiger partial charge in [-0.05, 0) is 68.6 Å². The molecule has 0 saturated carbocycles. The quantitative estimate of drug-likeness (QED) is 0.791. The first-order chi connectivity index (χ1) is 10.1. The van der Waals surface area contributed by atoms with Gasteiger partial charge in [-0.25, -0.2) is 0 Å². The van der Waals surface area contributed by atoms with E-state index in [0.29, 0.717) is 6.04 Å². The number of hydrogen-bond acceptors (Lipinski definition) is 2. The average molecular weight is 283 g/mol. The zero-order chi connectivity index (χ0) is 15.2. The molecule has 0 aliphatic rings. The highest BCUT2D eigenvalue weighted by Gasteiger charge is 2.07. The molecule has 2 heteroatoms. The van der Waals surface area contributed by atoms with Gasteiger partial charge in [0.15, 0.2) is 0 Å². The second kappa shape index (κ2) is 7.28. The first kappa shape index (κ1) is 15.6. The molecular formula is C19H25NO. The Hall–Kier alpha value is -1.80. The van der Waals surface area contributed by atoms with Crippen molar-refractivity contribution in [3.05, 3.63) is 59.2 Å². The molecule has 2 aromatic rings. The molecule has 21 heavy (non-hydrogen) atoms.